The van der Waals surface area contributed by atoms with Crippen LogP contribution in [-0.4, -0.2) is 28.9 Å². The van der Waals surface area contributed by atoms with Crippen molar-refractivity contribution in [3.8, 4) is 23.0 Å². The predicted octanol–water partition coefficient (Wildman–Crippen LogP) is 6.03. The van der Waals surface area contributed by atoms with Crippen LogP contribution in [0.2, 0.25) is 10.0 Å². The van der Waals surface area contributed by atoms with E-state index >= 15 is 0 Å². The van der Waals surface area contributed by atoms with Crippen molar-refractivity contribution in [3.05, 3.63) is 46.7 Å². The molecule has 0 N–H and O–H groups in total. The minimum atomic E-state index is -3.00. The topological polar surface area (TPSA) is 49.8 Å². The summed E-state index contributed by atoms with van der Waals surface area (Å²) in [5.74, 6) is 1.30. The summed E-state index contributed by atoms with van der Waals surface area (Å²) in [6.45, 7) is 0.916. The average Bonchev–Trinajstić information content (AvgIpc) is 3.04. The highest BCUT2D eigenvalue weighted by molar-refractivity contribution is 7.99. The summed E-state index contributed by atoms with van der Waals surface area (Å²) in [4.78, 5) is 3.87. The van der Waals surface area contributed by atoms with Crippen molar-refractivity contribution >= 4 is 40.7 Å². The van der Waals surface area contributed by atoms with Gasteiger partial charge in [0.15, 0.2) is 17.2 Å². The van der Waals surface area contributed by atoms with Crippen molar-refractivity contribution in [1.82, 2.24) is 4.98 Å². The van der Waals surface area contributed by atoms with Crippen LogP contribution in [0.3, 0.4) is 0 Å². The summed E-state index contributed by atoms with van der Waals surface area (Å²) in [5.41, 5.74) is 0.417. The summed E-state index contributed by atoms with van der Waals surface area (Å²) in [6, 6.07) is 2.88. The van der Waals surface area contributed by atoms with Gasteiger partial charge in [-0.1, -0.05) is 29.8 Å². The Morgan fingerprint density at radius 2 is 1.79 bits per heavy atom. The summed E-state index contributed by atoms with van der Waals surface area (Å²) < 4.78 is 48.2. The van der Waals surface area contributed by atoms with E-state index in [9.17, 15) is 8.78 Å². The quantitative estimate of drug-likeness (QED) is 0.506. The molecule has 1 spiro atoms. The molecule has 0 saturated carbocycles. The fourth-order valence-corrected chi connectivity index (χ4v) is 4.66. The average molecular weight is 462 g/mol. The number of hydrogen-bond donors (Lipinski definition) is 0. The minimum absolute atomic E-state index is 0.103. The fourth-order valence-electron chi connectivity index (χ4n) is 3.11. The van der Waals surface area contributed by atoms with E-state index in [4.69, 9.17) is 37.4 Å². The molecule has 3 heterocycles. The minimum Gasteiger partial charge on any atom is -0.454 e. The van der Waals surface area contributed by atoms with Gasteiger partial charge in [-0.2, -0.15) is 20.5 Å². The largest absolute Gasteiger partial charge is 0.454 e. The van der Waals surface area contributed by atoms with Gasteiger partial charge in [0.1, 0.15) is 15.8 Å². The van der Waals surface area contributed by atoms with Crippen molar-refractivity contribution in [2.24, 2.45) is 0 Å². The number of alkyl halides is 2. The lowest BCUT2D eigenvalue weighted by molar-refractivity contribution is -0.0894. The second-order valence-corrected chi connectivity index (χ2v) is 8.37. The van der Waals surface area contributed by atoms with Gasteiger partial charge in [0.05, 0.1) is 5.56 Å². The molecule has 2 aliphatic rings. The van der Waals surface area contributed by atoms with Gasteiger partial charge in [-0.15, -0.1) is 0 Å². The smallest absolute Gasteiger partial charge is 0.387 e. The lowest BCUT2D eigenvalue weighted by atomic mass is 10.1. The Morgan fingerprint density at radius 1 is 1.14 bits per heavy atom. The zero-order valence-corrected chi connectivity index (χ0v) is 17.3. The highest BCUT2D eigenvalue weighted by Crippen LogP contribution is 2.53. The number of benzene rings is 1. The normalized spacial score (nSPS) is 16.9. The maximum absolute atomic E-state index is 12.9. The maximum Gasteiger partial charge on any atom is 0.387 e. The lowest BCUT2D eigenvalue weighted by Crippen LogP contribution is -2.42. The Hall–Kier alpha value is -1.90. The first-order valence-corrected chi connectivity index (χ1v) is 10.5. The predicted molar refractivity (Wildman–Crippen MR) is 108 cm³/mol. The van der Waals surface area contributed by atoms with Crippen LogP contribution in [-0.2, 0) is 0 Å². The van der Waals surface area contributed by atoms with E-state index in [1.165, 1.54) is 24.5 Å². The molecule has 0 amide bonds. The summed E-state index contributed by atoms with van der Waals surface area (Å²) in [7, 11) is 0. The first kappa shape index (κ1) is 20.4. The molecule has 1 aromatic heterocycles. The molecule has 0 bridgehead atoms. The summed E-state index contributed by atoms with van der Waals surface area (Å²) >= 11 is 14.0. The Balaban J connectivity index is 1.70. The van der Waals surface area contributed by atoms with E-state index in [0.29, 0.717) is 18.4 Å². The van der Waals surface area contributed by atoms with Crippen LogP contribution >= 0.6 is 35.0 Å². The van der Waals surface area contributed by atoms with E-state index in [1.54, 1.807) is 11.8 Å². The van der Waals surface area contributed by atoms with Gasteiger partial charge in [-0.05, 0) is 12.1 Å². The van der Waals surface area contributed by atoms with Crippen LogP contribution in [0.15, 0.2) is 31.1 Å². The number of thioether (sulfide) groups is 1. The molecule has 0 radical (unpaired) electrons. The van der Waals surface area contributed by atoms with Gasteiger partial charge < -0.3 is 18.9 Å². The van der Waals surface area contributed by atoms with Crippen molar-refractivity contribution in [2.75, 3.05) is 11.5 Å². The molecular weight excluding hydrogens is 447 g/mol. The summed E-state index contributed by atoms with van der Waals surface area (Å²) in [5, 5.41) is 0.400. The number of aromatic nitrogens is 1. The number of nitrogens with zero attached hydrogens (tertiary/aromatic N) is 1. The van der Waals surface area contributed by atoms with Crippen LogP contribution in [0.25, 0.3) is 5.76 Å². The van der Waals surface area contributed by atoms with E-state index in [2.05, 4.69) is 16.3 Å². The summed E-state index contributed by atoms with van der Waals surface area (Å²) in [6.07, 6.45) is 3.98. The molecule has 0 unspecified atom stereocenters. The van der Waals surface area contributed by atoms with Crippen LogP contribution in [0, 0.1) is 0 Å². The zero-order valence-electron chi connectivity index (χ0n) is 14.9. The van der Waals surface area contributed by atoms with Crippen molar-refractivity contribution in [2.45, 2.75) is 25.2 Å². The Kier molecular flexibility index (Phi) is 5.68. The number of ether oxygens (including phenoxy) is 4. The van der Waals surface area contributed by atoms with Gasteiger partial charge >= 0.3 is 6.61 Å². The Morgan fingerprint density at radius 3 is 2.45 bits per heavy atom. The first-order valence-electron chi connectivity index (χ1n) is 8.62. The van der Waals surface area contributed by atoms with E-state index in [1.807, 2.05) is 0 Å². The SMILES string of the molecule is C=C(Oc1c(Cl)cncc1Cl)c1ccc(OC(F)F)c2c1OC1(CCSCC1)O2. The maximum atomic E-state index is 12.9. The first-order chi connectivity index (χ1) is 13.9. The highest BCUT2D eigenvalue weighted by atomic mass is 35.5. The van der Waals surface area contributed by atoms with Crippen molar-refractivity contribution in [3.63, 3.8) is 0 Å². The Labute approximate surface area is 179 Å². The monoisotopic (exact) mass is 461 g/mol. The van der Waals surface area contributed by atoms with E-state index in [-0.39, 0.29) is 38.8 Å². The molecule has 29 heavy (non-hydrogen) atoms. The van der Waals surface area contributed by atoms with Gasteiger partial charge in [0.2, 0.25) is 5.75 Å². The molecule has 1 fully saturated rings. The molecule has 2 aromatic rings. The second kappa shape index (κ2) is 8.08. The molecule has 0 atom stereocenters. The fraction of sp³-hybridized carbons (Fsp3) is 0.316. The number of halogens is 4. The molecule has 2 aliphatic heterocycles. The standard InChI is InChI=1S/C19H15Cl2F2NO4S/c1-10(25-16-12(20)8-24-9-13(16)21)11-2-3-14(26-18(22)23)17-15(11)27-19(28-17)4-6-29-7-5-19/h2-3,8-9,18H,1,4-7H2. The molecule has 4 rings (SSSR count). The molecule has 1 saturated heterocycles. The molecule has 1 aromatic carbocycles. The number of pyridine rings is 1. The van der Waals surface area contributed by atoms with Crippen LogP contribution in [0.4, 0.5) is 8.78 Å². The molecule has 10 heteroatoms. The van der Waals surface area contributed by atoms with Gasteiger partial charge in [-0.25, -0.2) is 0 Å². The molecule has 5 nitrogen and oxygen atoms in total. The van der Waals surface area contributed by atoms with Crippen LogP contribution < -0.4 is 18.9 Å². The number of fused-ring (bicyclic) bond motifs is 1. The third kappa shape index (κ3) is 4.06. The number of hydrogen-bond acceptors (Lipinski definition) is 6. The van der Waals surface area contributed by atoms with Crippen molar-refractivity contribution in [1.29, 1.82) is 0 Å². The molecule has 154 valence electrons. The van der Waals surface area contributed by atoms with Crippen LogP contribution in [0.1, 0.15) is 18.4 Å². The second-order valence-electron chi connectivity index (χ2n) is 6.33. The van der Waals surface area contributed by atoms with Gasteiger partial charge in [-0.3, -0.25) is 4.98 Å². The lowest BCUT2D eigenvalue weighted by Gasteiger charge is -2.31. The Bertz CT molecular complexity index is 934. The number of rotatable bonds is 5. The van der Waals surface area contributed by atoms with Crippen molar-refractivity contribution < 1.29 is 27.7 Å². The van der Waals surface area contributed by atoms with Gasteiger partial charge in [0.25, 0.3) is 5.79 Å². The highest BCUT2D eigenvalue weighted by Gasteiger charge is 2.46. The van der Waals surface area contributed by atoms with Gasteiger partial charge in [0, 0.05) is 36.7 Å². The molecule has 0 aliphatic carbocycles. The third-order valence-electron chi connectivity index (χ3n) is 4.46. The van der Waals surface area contributed by atoms with Crippen LogP contribution in [0.5, 0.6) is 23.0 Å². The van der Waals surface area contributed by atoms with E-state index < -0.39 is 12.4 Å². The zero-order chi connectivity index (χ0) is 20.6. The molecular formula is C19H15Cl2F2NO4S. The third-order valence-corrected chi connectivity index (χ3v) is 5.98. The van der Waals surface area contributed by atoms with E-state index in [0.717, 1.165) is 11.5 Å².